The fourth-order valence-corrected chi connectivity index (χ4v) is 6.13. The van der Waals surface area contributed by atoms with Crippen LogP contribution in [0.3, 0.4) is 0 Å². The van der Waals surface area contributed by atoms with Gasteiger partial charge in [0, 0.05) is 11.5 Å². The highest BCUT2D eigenvalue weighted by Gasteiger charge is 2.25. The quantitative estimate of drug-likeness (QED) is 0.0982. The van der Waals surface area contributed by atoms with Crippen LogP contribution in [-0.4, -0.2) is 30.6 Å². The summed E-state index contributed by atoms with van der Waals surface area (Å²) >= 11 is 0. The third kappa shape index (κ3) is 35.9. The zero-order chi connectivity index (χ0) is 60.0. The molecule has 0 aromatic heterocycles. The van der Waals surface area contributed by atoms with Crippen LogP contribution < -0.4 is 0 Å². The van der Waals surface area contributed by atoms with Crippen molar-refractivity contribution in [1.82, 2.24) is 0 Å². The van der Waals surface area contributed by atoms with Gasteiger partial charge in [-0.25, -0.2) is 0 Å². The molecule has 426 valence electrons. The van der Waals surface area contributed by atoms with Crippen LogP contribution in [0.2, 0.25) is 0 Å². The number of rotatable bonds is 3. The van der Waals surface area contributed by atoms with Gasteiger partial charge in [-0.1, -0.05) is 224 Å². The summed E-state index contributed by atoms with van der Waals surface area (Å²) in [5, 5.41) is 58.2. The Kier molecular flexibility index (Phi) is 52.6. The van der Waals surface area contributed by atoms with Crippen molar-refractivity contribution in [2.75, 3.05) is 0 Å². The van der Waals surface area contributed by atoms with Crippen molar-refractivity contribution in [2.45, 2.75) is 224 Å². The Balaban J connectivity index is -0.000000204. The van der Waals surface area contributed by atoms with Gasteiger partial charge in [0.05, 0.1) is 0 Å². The molecule has 0 aliphatic carbocycles. The third-order valence-electron chi connectivity index (χ3n) is 9.37. The molecular weight excluding hydrogens is 925 g/mol. The fraction of sp³-hybridized carbons (Fsp3) is 0.478. The monoisotopic (exact) mass is 1040 g/mol. The maximum absolute atomic E-state index is 10.5. The first-order chi connectivity index (χ1) is 35.3. The van der Waals surface area contributed by atoms with Crippen molar-refractivity contribution in [3.8, 4) is 34.5 Å². The highest BCUT2D eigenvalue weighted by Crippen LogP contribution is 2.42. The SMILES string of the molecule is CC.CC.CC.CC.CCC.CCC.CCC.CCC.Cc1cc(C(c2cc(C)c(O)cc2C)c2ccccc2O)c(C)cc1O.Cc1ccc(C(C)(C)C)c(O)c1.Cc1ccc(C)c(O)c1.Cc1cccc(O)c1. The molecule has 0 amide bonds. The molecule has 6 N–H and O–H groups in total. The molecule has 0 saturated heterocycles. The van der Waals surface area contributed by atoms with E-state index in [2.05, 4.69) is 76.2 Å². The van der Waals surface area contributed by atoms with Crippen LogP contribution in [0.25, 0.3) is 0 Å². The van der Waals surface area contributed by atoms with Crippen LogP contribution in [0.15, 0.2) is 109 Å². The minimum atomic E-state index is -0.199. The van der Waals surface area contributed by atoms with Crippen LogP contribution in [0.4, 0.5) is 0 Å². The molecule has 0 heterocycles. The molecule has 6 aromatic carbocycles. The Bertz CT molecular complexity index is 2200. The van der Waals surface area contributed by atoms with Crippen LogP contribution in [0, 0.1) is 55.4 Å². The van der Waals surface area contributed by atoms with E-state index in [9.17, 15) is 20.4 Å². The van der Waals surface area contributed by atoms with Crippen molar-refractivity contribution in [3.63, 3.8) is 0 Å². The standard InChI is InChI=1S/C23H24O3.C11H16O.C8H10O.C7H8O.4C3H8.4C2H6/c1-13-11-21(25)15(3)9-18(13)23(17-7-5-6-8-20(17)24)19-10-16(4)22(26)12-14(19)2;1-8-5-6-9(10(12)7-8)11(2,3)4;1-6-3-4-7(2)8(9)5-6;1-6-3-2-4-7(8)5-6;4*1-3-2;4*1-2/h5-12,23-26H,1-4H3;5-7,12H,1-4H3;3-5,9H,1-2H3;2-5,8H,1H3;4*3H2,1-2H3;4*1-2H3. The lowest BCUT2D eigenvalue weighted by atomic mass is 9.79. The lowest BCUT2D eigenvalue weighted by Gasteiger charge is -2.25. The average Bonchev–Trinajstić information content (AvgIpc) is 3.35. The maximum atomic E-state index is 10.5. The molecule has 0 fully saturated rings. The highest BCUT2D eigenvalue weighted by atomic mass is 16.3. The first kappa shape index (κ1) is 80.5. The van der Waals surface area contributed by atoms with E-state index >= 15 is 0 Å². The van der Waals surface area contributed by atoms with Gasteiger partial charge >= 0.3 is 0 Å². The van der Waals surface area contributed by atoms with E-state index in [1.165, 1.54) is 25.7 Å². The Morgan fingerprint density at radius 2 is 0.667 bits per heavy atom. The number of phenolic OH excluding ortho intramolecular Hbond substituents is 6. The van der Waals surface area contributed by atoms with Gasteiger partial charge in [-0.2, -0.15) is 0 Å². The van der Waals surface area contributed by atoms with E-state index in [-0.39, 0.29) is 28.6 Å². The number of benzene rings is 6. The summed E-state index contributed by atoms with van der Waals surface area (Å²) in [5.74, 6) is 1.69. The molecule has 0 aliphatic rings. The summed E-state index contributed by atoms with van der Waals surface area (Å²) in [6.07, 6.45) is 5.00. The number of aryl methyl sites for hydroxylation is 8. The number of hydrogen-bond acceptors (Lipinski definition) is 6. The predicted octanol–water partition coefficient (Wildman–Crippen LogP) is 21.7. The molecule has 0 atom stereocenters. The summed E-state index contributed by atoms with van der Waals surface area (Å²) in [6.45, 7) is 54.7. The van der Waals surface area contributed by atoms with E-state index in [0.29, 0.717) is 17.2 Å². The van der Waals surface area contributed by atoms with Crippen molar-refractivity contribution >= 4 is 0 Å². The minimum Gasteiger partial charge on any atom is -0.508 e. The Hall–Kier alpha value is -5.88. The van der Waals surface area contributed by atoms with Gasteiger partial charge in [0.15, 0.2) is 0 Å². The van der Waals surface area contributed by atoms with Crippen LogP contribution >= 0.6 is 0 Å². The lowest BCUT2D eigenvalue weighted by Crippen LogP contribution is -2.11. The lowest BCUT2D eigenvalue weighted by molar-refractivity contribution is 0.446. The number of para-hydroxylation sites is 1. The molecule has 6 aromatic rings. The predicted molar refractivity (Wildman–Crippen MR) is 335 cm³/mol. The Labute approximate surface area is 463 Å². The third-order valence-corrected chi connectivity index (χ3v) is 9.37. The molecule has 0 aliphatic heterocycles. The van der Waals surface area contributed by atoms with Crippen LogP contribution in [0.5, 0.6) is 34.5 Å². The van der Waals surface area contributed by atoms with Gasteiger partial charge in [-0.15, -0.1) is 0 Å². The van der Waals surface area contributed by atoms with Gasteiger partial charge in [0.1, 0.15) is 34.5 Å². The number of aromatic hydroxyl groups is 6. The highest BCUT2D eigenvalue weighted by molar-refractivity contribution is 5.56. The fourth-order valence-electron chi connectivity index (χ4n) is 6.13. The second-order valence-corrected chi connectivity index (χ2v) is 18.2. The van der Waals surface area contributed by atoms with Crippen LogP contribution in [-0.2, 0) is 5.41 Å². The normalized spacial score (nSPS) is 9.12. The van der Waals surface area contributed by atoms with Gasteiger partial charge in [-0.05, 0) is 164 Å². The summed E-state index contributed by atoms with van der Waals surface area (Å²) < 4.78 is 0. The van der Waals surface area contributed by atoms with Crippen molar-refractivity contribution in [1.29, 1.82) is 0 Å². The van der Waals surface area contributed by atoms with E-state index in [4.69, 9.17) is 10.2 Å². The van der Waals surface area contributed by atoms with Crippen molar-refractivity contribution < 1.29 is 30.6 Å². The molecule has 0 radical (unpaired) electrons. The van der Waals surface area contributed by atoms with E-state index in [1.807, 2.05) is 171 Å². The van der Waals surface area contributed by atoms with E-state index in [0.717, 1.165) is 66.8 Å². The second kappa shape index (κ2) is 49.0. The smallest absolute Gasteiger partial charge is 0.119 e. The first-order valence-corrected chi connectivity index (χ1v) is 28.0. The van der Waals surface area contributed by atoms with Crippen LogP contribution in [0.1, 0.15) is 230 Å². The summed E-state index contributed by atoms with van der Waals surface area (Å²) in [6, 6.07) is 33.4. The Morgan fingerprint density at radius 3 is 0.973 bits per heavy atom. The van der Waals surface area contributed by atoms with Gasteiger partial charge < -0.3 is 30.6 Å². The molecule has 0 unspecified atom stereocenters. The summed E-state index contributed by atoms with van der Waals surface area (Å²) in [7, 11) is 0. The molecular formula is C69H114O6. The molecule has 6 heteroatoms. The average molecular weight is 1040 g/mol. The zero-order valence-corrected chi connectivity index (χ0v) is 53.0. The molecule has 0 bridgehead atoms. The molecule has 0 saturated carbocycles. The first-order valence-electron chi connectivity index (χ1n) is 28.0. The minimum absolute atomic E-state index is 0.0256. The number of phenols is 6. The van der Waals surface area contributed by atoms with Crippen molar-refractivity contribution in [2.24, 2.45) is 0 Å². The Morgan fingerprint density at radius 1 is 0.320 bits per heavy atom. The summed E-state index contributed by atoms with van der Waals surface area (Å²) in [4.78, 5) is 0. The van der Waals surface area contributed by atoms with E-state index in [1.54, 1.807) is 48.5 Å². The topological polar surface area (TPSA) is 121 Å². The van der Waals surface area contributed by atoms with Gasteiger partial charge in [-0.3, -0.25) is 0 Å². The summed E-state index contributed by atoms with van der Waals surface area (Å²) in [5.41, 5.74) is 11.6. The molecule has 6 nitrogen and oxygen atoms in total. The van der Waals surface area contributed by atoms with E-state index < -0.39 is 0 Å². The number of hydrogen-bond donors (Lipinski definition) is 6. The molecule has 0 spiro atoms. The second-order valence-electron chi connectivity index (χ2n) is 18.2. The maximum Gasteiger partial charge on any atom is 0.119 e. The van der Waals surface area contributed by atoms with Crippen molar-refractivity contribution in [3.05, 3.63) is 176 Å². The largest absolute Gasteiger partial charge is 0.508 e. The van der Waals surface area contributed by atoms with Gasteiger partial charge in [0.25, 0.3) is 0 Å². The zero-order valence-electron chi connectivity index (χ0n) is 53.0. The van der Waals surface area contributed by atoms with Gasteiger partial charge in [0.2, 0.25) is 0 Å². The molecule has 6 rings (SSSR count). The molecule has 75 heavy (non-hydrogen) atoms.